The van der Waals surface area contributed by atoms with Gasteiger partial charge in [0.1, 0.15) is 6.04 Å². The summed E-state index contributed by atoms with van der Waals surface area (Å²) < 4.78 is 33.4. The van der Waals surface area contributed by atoms with Gasteiger partial charge in [-0.15, -0.1) is 0 Å². The molecule has 3 N–H and O–H groups in total. The van der Waals surface area contributed by atoms with Gasteiger partial charge >= 0.3 is 5.76 Å². The summed E-state index contributed by atoms with van der Waals surface area (Å²) in [4.78, 5) is 36.7. The van der Waals surface area contributed by atoms with E-state index in [4.69, 9.17) is 10.2 Å². The maximum Gasteiger partial charge on any atom is 0.419 e. The lowest BCUT2D eigenvalue weighted by molar-refractivity contribution is -0.127. The minimum Gasteiger partial charge on any atom is -0.408 e. The number of rotatable bonds is 8. The van der Waals surface area contributed by atoms with E-state index in [-0.39, 0.29) is 23.4 Å². The molecule has 1 unspecified atom stereocenters. The van der Waals surface area contributed by atoms with Crippen LogP contribution in [0.5, 0.6) is 0 Å². The summed E-state index contributed by atoms with van der Waals surface area (Å²) in [6, 6.07) is 11.9. The average molecular weight is 473 g/mol. The number of nitrogens with two attached hydrogens (primary N) is 1. The molecule has 33 heavy (non-hydrogen) atoms. The zero-order valence-corrected chi connectivity index (χ0v) is 18.6. The van der Waals surface area contributed by atoms with Gasteiger partial charge in [-0.2, -0.15) is 4.31 Å². The molecule has 2 amide bonds. The van der Waals surface area contributed by atoms with Crippen molar-refractivity contribution in [3.63, 3.8) is 0 Å². The van der Waals surface area contributed by atoms with Gasteiger partial charge < -0.3 is 15.5 Å². The summed E-state index contributed by atoms with van der Waals surface area (Å²) in [5, 5.41) is 2.58. The number of nitrogens with zero attached hydrogens (tertiary/aromatic N) is 2. The molecule has 0 bridgehead atoms. The van der Waals surface area contributed by atoms with E-state index in [1.807, 2.05) is 0 Å². The molecule has 1 atom stereocenters. The molecule has 1 saturated heterocycles. The Balaban J connectivity index is 1.50. The van der Waals surface area contributed by atoms with E-state index in [0.717, 1.165) is 12.8 Å². The number of aryl methyl sites for hydroxylation is 1. The maximum atomic E-state index is 12.8. The normalized spacial score (nSPS) is 15.5. The number of sulfonamides is 1. The molecule has 1 fully saturated rings. The zero-order valence-electron chi connectivity index (χ0n) is 17.8. The van der Waals surface area contributed by atoms with Gasteiger partial charge in [0.25, 0.3) is 0 Å². The molecular formula is C22H24N4O6S. The van der Waals surface area contributed by atoms with Crippen LogP contribution in [0, 0.1) is 0 Å². The lowest BCUT2D eigenvalue weighted by Crippen LogP contribution is -2.38. The number of aromatic nitrogens is 1. The van der Waals surface area contributed by atoms with Crippen LogP contribution in [0.4, 0.5) is 0 Å². The summed E-state index contributed by atoms with van der Waals surface area (Å²) in [7, 11) is -3.65. The fraction of sp³-hybridized carbons (Fsp3) is 0.318. The van der Waals surface area contributed by atoms with Gasteiger partial charge in [0, 0.05) is 32.1 Å². The smallest absolute Gasteiger partial charge is 0.408 e. The molecule has 0 radical (unpaired) electrons. The molecule has 4 rings (SSSR count). The second-order valence-electron chi connectivity index (χ2n) is 7.82. The molecule has 2 heterocycles. The molecule has 11 heteroatoms. The number of nitrogens with one attached hydrogen (secondary N) is 1. The monoisotopic (exact) mass is 472 g/mol. The quantitative estimate of drug-likeness (QED) is 0.502. The summed E-state index contributed by atoms with van der Waals surface area (Å²) >= 11 is 0. The van der Waals surface area contributed by atoms with Crippen LogP contribution in [0.1, 0.15) is 30.9 Å². The number of fused-ring (bicyclic) bond motifs is 1. The maximum absolute atomic E-state index is 12.8. The molecule has 0 aliphatic carbocycles. The van der Waals surface area contributed by atoms with E-state index in [0.29, 0.717) is 24.2 Å². The number of primary amides is 1. The second kappa shape index (κ2) is 9.20. The molecule has 0 saturated carbocycles. The van der Waals surface area contributed by atoms with Crippen molar-refractivity contribution in [3.8, 4) is 0 Å². The highest BCUT2D eigenvalue weighted by molar-refractivity contribution is 7.89. The number of oxazole rings is 1. The Hall–Kier alpha value is -3.44. The van der Waals surface area contributed by atoms with E-state index < -0.39 is 33.6 Å². The number of hydrogen-bond acceptors (Lipinski definition) is 6. The topological polar surface area (TPSA) is 145 Å². The molecule has 1 aliphatic heterocycles. The van der Waals surface area contributed by atoms with Crippen molar-refractivity contribution in [2.75, 3.05) is 13.1 Å². The Bertz CT molecular complexity index is 1340. The summed E-state index contributed by atoms with van der Waals surface area (Å²) in [5.74, 6) is -1.88. The lowest BCUT2D eigenvalue weighted by Gasteiger charge is -2.16. The van der Waals surface area contributed by atoms with Crippen LogP contribution in [-0.4, -0.2) is 42.2 Å². The molecule has 2 aromatic carbocycles. The minimum absolute atomic E-state index is 0.0177. The number of benzene rings is 2. The van der Waals surface area contributed by atoms with E-state index in [2.05, 4.69) is 5.32 Å². The average Bonchev–Trinajstić information content (AvgIpc) is 3.44. The van der Waals surface area contributed by atoms with Crippen molar-refractivity contribution in [2.24, 2.45) is 5.73 Å². The summed E-state index contributed by atoms with van der Waals surface area (Å²) in [5.41, 5.74) is 6.48. The Morgan fingerprint density at radius 3 is 2.45 bits per heavy atom. The van der Waals surface area contributed by atoms with Crippen LogP contribution in [-0.2, 0) is 26.2 Å². The highest BCUT2D eigenvalue weighted by Crippen LogP contribution is 2.24. The van der Waals surface area contributed by atoms with E-state index in [9.17, 15) is 22.8 Å². The van der Waals surface area contributed by atoms with Gasteiger partial charge in [-0.25, -0.2) is 13.2 Å². The first-order valence-electron chi connectivity index (χ1n) is 10.5. The van der Waals surface area contributed by atoms with Crippen LogP contribution in [0.25, 0.3) is 11.1 Å². The van der Waals surface area contributed by atoms with Crippen LogP contribution < -0.4 is 16.8 Å². The van der Waals surface area contributed by atoms with Crippen molar-refractivity contribution in [1.29, 1.82) is 0 Å². The Labute approximate surface area is 190 Å². The SMILES string of the molecule is NC(=O)C(NC(=O)CCn1c(=O)oc2cc(S(=O)(=O)N3CCCC3)ccc21)c1ccccc1. The lowest BCUT2D eigenvalue weighted by atomic mass is 10.1. The largest absolute Gasteiger partial charge is 0.419 e. The molecular weight excluding hydrogens is 448 g/mol. The number of carbonyl (C=O) groups is 2. The zero-order chi connectivity index (χ0) is 23.6. The fourth-order valence-corrected chi connectivity index (χ4v) is 5.44. The third-order valence-corrected chi connectivity index (χ3v) is 7.52. The molecule has 10 nitrogen and oxygen atoms in total. The third kappa shape index (κ3) is 4.69. The summed E-state index contributed by atoms with van der Waals surface area (Å²) in [6.07, 6.45) is 1.52. The van der Waals surface area contributed by atoms with Gasteiger partial charge in [-0.3, -0.25) is 14.2 Å². The molecule has 0 spiro atoms. The standard InChI is InChI=1S/C22H24N4O6S/c23-21(28)20(15-6-2-1-3-7-15)24-19(27)10-13-26-17-9-8-16(14-18(17)32-22(26)29)33(30,31)25-11-4-5-12-25/h1-3,6-9,14,20H,4-5,10-13H2,(H2,23,28)(H,24,27). The van der Waals surface area contributed by atoms with Crippen LogP contribution in [0.2, 0.25) is 0 Å². The number of amides is 2. The Kier molecular flexibility index (Phi) is 6.34. The van der Waals surface area contributed by atoms with Crippen molar-refractivity contribution >= 4 is 32.9 Å². The molecule has 3 aromatic rings. The highest BCUT2D eigenvalue weighted by Gasteiger charge is 2.28. The predicted octanol–water partition coefficient (Wildman–Crippen LogP) is 1.11. The van der Waals surface area contributed by atoms with Crippen molar-refractivity contribution in [2.45, 2.75) is 36.7 Å². The van der Waals surface area contributed by atoms with Gasteiger partial charge in [-0.05, 0) is 30.5 Å². The third-order valence-electron chi connectivity index (χ3n) is 5.63. The first kappa shape index (κ1) is 22.7. The van der Waals surface area contributed by atoms with E-state index in [1.165, 1.54) is 27.1 Å². The van der Waals surface area contributed by atoms with E-state index in [1.54, 1.807) is 30.3 Å². The highest BCUT2D eigenvalue weighted by atomic mass is 32.2. The van der Waals surface area contributed by atoms with Crippen LogP contribution in [0.15, 0.2) is 62.6 Å². The number of carbonyl (C=O) groups excluding carboxylic acids is 2. The van der Waals surface area contributed by atoms with Crippen LogP contribution in [0.3, 0.4) is 0 Å². The van der Waals surface area contributed by atoms with Gasteiger partial charge in [0.15, 0.2) is 5.58 Å². The molecule has 1 aliphatic rings. The van der Waals surface area contributed by atoms with Crippen molar-refractivity contribution in [1.82, 2.24) is 14.2 Å². The minimum atomic E-state index is -3.65. The molecule has 174 valence electrons. The van der Waals surface area contributed by atoms with Gasteiger partial charge in [-0.1, -0.05) is 30.3 Å². The van der Waals surface area contributed by atoms with Crippen molar-refractivity contribution in [3.05, 3.63) is 64.6 Å². The second-order valence-corrected chi connectivity index (χ2v) is 9.76. The first-order chi connectivity index (χ1) is 15.8. The Morgan fingerprint density at radius 1 is 1.09 bits per heavy atom. The summed E-state index contributed by atoms with van der Waals surface area (Å²) in [6.45, 7) is 0.918. The number of hydrogen-bond donors (Lipinski definition) is 2. The van der Waals surface area contributed by atoms with E-state index >= 15 is 0 Å². The predicted molar refractivity (Wildman–Crippen MR) is 120 cm³/mol. The van der Waals surface area contributed by atoms with Crippen molar-refractivity contribution < 1.29 is 22.4 Å². The van der Waals surface area contributed by atoms with Gasteiger partial charge in [0.05, 0.1) is 10.4 Å². The first-order valence-corrected chi connectivity index (χ1v) is 12.0. The Morgan fingerprint density at radius 2 is 1.79 bits per heavy atom. The van der Waals surface area contributed by atoms with Crippen LogP contribution >= 0.6 is 0 Å². The fourth-order valence-electron chi connectivity index (χ4n) is 3.91. The molecule has 1 aromatic heterocycles. The van der Waals surface area contributed by atoms with Gasteiger partial charge in [0.2, 0.25) is 21.8 Å².